The number of imide groups is 1. The fourth-order valence-electron chi connectivity index (χ4n) is 4.35. The molecule has 1 aromatic carbocycles. The van der Waals surface area contributed by atoms with Crippen molar-refractivity contribution < 1.29 is 19.1 Å². The summed E-state index contributed by atoms with van der Waals surface area (Å²) >= 11 is 0. The van der Waals surface area contributed by atoms with Crippen LogP contribution in [0.25, 0.3) is 0 Å². The Morgan fingerprint density at radius 2 is 1.75 bits per heavy atom. The summed E-state index contributed by atoms with van der Waals surface area (Å²) in [5.41, 5.74) is 0.530. The smallest absolute Gasteiger partial charge is 0.257 e. The minimum absolute atomic E-state index is 0.00266. The molecule has 152 valence electrons. The molecule has 0 spiro atoms. The van der Waals surface area contributed by atoms with Gasteiger partial charge < -0.3 is 9.64 Å². The highest BCUT2D eigenvalue weighted by Crippen LogP contribution is 2.31. The Hall–Kier alpha value is -2.37. The van der Waals surface area contributed by atoms with Crippen LogP contribution >= 0.6 is 0 Å². The van der Waals surface area contributed by atoms with Crippen LogP contribution in [0.2, 0.25) is 0 Å². The Kier molecular flexibility index (Phi) is 6.70. The minimum Gasteiger partial charge on any atom is -0.497 e. The Bertz CT molecular complexity index is 708. The van der Waals surface area contributed by atoms with E-state index in [-0.39, 0.29) is 30.2 Å². The highest BCUT2D eigenvalue weighted by Gasteiger charge is 2.46. The van der Waals surface area contributed by atoms with Crippen molar-refractivity contribution in [3.05, 3.63) is 24.3 Å². The Labute approximate surface area is 166 Å². The maximum atomic E-state index is 13.2. The maximum Gasteiger partial charge on any atom is 0.257 e. The van der Waals surface area contributed by atoms with Gasteiger partial charge in [-0.1, -0.05) is 32.6 Å². The lowest BCUT2D eigenvalue weighted by atomic mass is 10.0. The monoisotopic (exact) mass is 386 g/mol. The number of anilines is 1. The van der Waals surface area contributed by atoms with Crippen LogP contribution < -0.4 is 9.64 Å². The number of rotatable bonds is 6. The van der Waals surface area contributed by atoms with Crippen molar-refractivity contribution in [2.45, 2.75) is 76.8 Å². The van der Waals surface area contributed by atoms with Crippen LogP contribution in [0.15, 0.2) is 24.3 Å². The van der Waals surface area contributed by atoms with Crippen LogP contribution in [-0.2, 0) is 14.4 Å². The summed E-state index contributed by atoms with van der Waals surface area (Å²) in [6, 6.07) is 6.25. The van der Waals surface area contributed by atoms with Gasteiger partial charge in [-0.15, -0.1) is 0 Å². The van der Waals surface area contributed by atoms with Gasteiger partial charge in [0, 0.05) is 12.5 Å². The molecule has 1 atom stereocenters. The number of hydrogen-bond donors (Lipinski definition) is 0. The van der Waals surface area contributed by atoms with Crippen molar-refractivity contribution in [1.82, 2.24) is 4.90 Å². The van der Waals surface area contributed by atoms with Crippen molar-refractivity contribution in [3.8, 4) is 5.75 Å². The summed E-state index contributed by atoms with van der Waals surface area (Å²) in [5, 5.41) is 0. The van der Waals surface area contributed by atoms with Gasteiger partial charge in [-0.05, 0) is 43.5 Å². The average Bonchev–Trinajstić information content (AvgIpc) is 2.87. The van der Waals surface area contributed by atoms with Gasteiger partial charge in [0.2, 0.25) is 11.8 Å². The number of nitrogens with zero attached hydrogens (tertiary/aromatic N) is 2. The lowest BCUT2D eigenvalue weighted by molar-refractivity contribution is -0.141. The fourth-order valence-corrected chi connectivity index (χ4v) is 4.35. The lowest BCUT2D eigenvalue weighted by Gasteiger charge is -2.35. The molecule has 1 saturated carbocycles. The average molecular weight is 386 g/mol. The first-order chi connectivity index (χ1) is 13.6. The first-order valence-corrected chi connectivity index (χ1v) is 10.4. The van der Waals surface area contributed by atoms with E-state index in [0.29, 0.717) is 17.9 Å². The second kappa shape index (κ2) is 9.22. The van der Waals surface area contributed by atoms with Crippen LogP contribution in [0, 0.1) is 0 Å². The fraction of sp³-hybridized carbons (Fsp3) is 0.591. The predicted octanol–water partition coefficient (Wildman–Crippen LogP) is 3.68. The standard InChI is InChI=1S/C22H30N2O4/c1-3-8-20(25)23(16-9-6-4-5-7-10-16)19-15-21(26)24(22(19)27)17-11-13-18(28-2)14-12-17/h11-14,16,19H,3-10,15H2,1-2H3. The van der Waals surface area contributed by atoms with E-state index in [1.165, 1.54) is 17.7 Å². The minimum atomic E-state index is -0.684. The van der Waals surface area contributed by atoms with Gasteiger partial charge >= 0.3 is 0 Å². The van der Waals surface area contributed by atoms with Crippen LogP contribution in [0.4, 0.5) is 5.69 Å². The Morgan fingerprint density at radius 1 is 1.11 bits per heavy atom. The van der Waals surface area contributed by atoms with Gasteiger partial charge in [0.25, 0.3) is 5.91 Å². The number of hydrogen-bond acceptors (Lipinski definition) is 4. The van der Waals surface area contributed by atoms with Crippen molar-refractivity contribution in [1.29, 1.82) is 0 Å². The molecule has 6 nitrogen and oxygen atoms in total. The second-order valence-corrected chi connectivity index (χ2v) is 7.68. The zero-order chi connectivity index (χ0) is 20.1. The molecule has 0 radical (unpaired) electrons. The van der Waals surface area contributed by atoms with Gasteiger partial charge in [-0.3, -0.25) is 14.4 Å². The quantitative estimate of drug-likeness (QED) is 0.553. The number of ether oxygens (including phenoxy) is 1. The van der Waals surface area contributed by atoms with E-state index in [0.717, 1.165) is 32.1 Å². The van der Waals surface area contributed by atoms with Gasteiger partial charge in [0.05, 0.1) is 19.2 Å². The normalized spacial score (nSPS) is 20.9. The molecular formula is C22H30N2O4. The zero-order valence-electron chi connectivity index (χ0n) is 16.9. The van der Waals surface area contributed by atoms with Crippen molar-refractivity contribution >= 4 is 23.4 Å². The molecule has 2 fully saturated rings. The number of carbonyl (C=O) groups excluding carboxylic acids is 3. The predicted molar refractivity (Wildman–Crippen MR) is 107 cm³/mol. The molecule has 1 aliphatic carbocycles. The third-order valence-corrected chi connectivity index (χ3v) is 5.76. The third kappa shape index (κ3) is 4.21. The van der Waals surface area contributed by atoms with Crippen molar-refractivity contribution in [2.24, 2.45) is 0 Å². The molecule has 2 aliphatic rings. The lowest BCUT2D eigenvalue weighted by Crippen LogP contribution is -2.50. The molecule has 0 N–H and O–H groups in total. The van der Waals surface area contributed by atoms with Crippen LogP contribution in [0.1, 0.15) is 64.7 Å². The molecule has 3 rings (SSSR count). The molecule has 1 unspecified atom stereocenters. The van der Waals surface area contributed by atoms with E-state index in [1.54, 1.807) is 36.3 Å². The van der Waals surface area contributed by atoms with E-state index in [9.17, 15) is 14.4 Å². The highest BCUT2D eigenvalue weighted by atomic mass is 16.5. The van der Waals surface area contributed by atoms with Crippen LogP contribution in [0.3, 0.4) is 0 Å². The topological polar surface area (TPSA) is 66.9 Å². The van der Waals surface area contributed by atoms with Crippen LogP contribution in [-0.4, -0.2) is 41.8 Å². The summed E-state index contributed by atoms with van der Waals surface area (Å²) in [6.45, 7) is 1.97. The maximum absolute atomic E-state index is 13.2. The largest absolute Gasteiger partial charge is 0.497 e. The summed E-state index contributed by atoms with van der Waals surface area (Å²) in [4.78, 5) is 41.9. The molecule has 1 saturated heterocycles. The Balaban J connectivity index is 1.86. The highest BCUT2D eigenvalue weighted by molar-refractivity contribution is 6.23. The van der Waals surface area contributed by atoms with Crippen molar-refractivity contribution in [3.63, 3.8) is 0 Å². The SMILES string of the molecule is CCCC(=O)N(C1CCCCCC1)C1CC(=O)N(c2ccc(OC)cc2)C1=O. The molecule has 6 heteroatoms. The van der Waals surface area contributed by atoms with E-state index in [2.05, 4.69) is 0 Å². The molecule has 28 heavy (non-hydrogen) atoms. The van der Waals surface area contributed by atoms with Gasteiger partial charge in [-0.25, -0.2) is 4.90 Å². The second-order valence-electron chi connectivity index (χ2n) is 7.68. The van der Waals surface area contributed by atoms with E-state index >= 15 is 0 Å². The van der Waals surface area contributed by atoms with E-state index < -0.39 is 6.04 Å². The van der Waals surface area contributed by atoms with Crippen LogP contribution in [0.5, 0.6) is 5.75 Å². The van der Waals surface area contributed by atoms with Gasteiger partial charge in [0.1, 0.15) is 11.8 Å². The number of carbonyl (C=O) groups is 3. The number of amides is 3. The zero-order valence-corrected chi connectivity index (χ0v) is 16.9. The van der Waals surface area contributed by atoms with E-state index in [1.807, 2.05) is 6.92 Å². The number of methoxy groups -OCH3 is 1. The molecule has 1 aromatic rings. The molecular weight excluding hydrogens is 356 g/mol. The summed E-state index contributed by atoms with van der Waals surface area (Å²) < 4.78 is 5.15. The molecule has 1 aliphatic heterocycles. The number of benzene rings is 1. The molecule has 1 heterocycles. The van der Waals surface area contributed by atoms with Gasteiger partial charge in [0.15, 0.2) is 0 Å². The Morgan fingerprint density at radius 3 is 2.32 bits per heavy atom. The third-order valence-electron chi connectivity index (χ3n) is 5.76. The van der Waals surface area contributed by atoms with E-state index in [4.69, 9.17) is 4.74 Å². The van der Waals surface area contributed by atoms with Gasteiger partial charge in [-0.2, -0.15) is 0 Å². The summed E-state index contributed by atoms with van der Waals surface area (Å²) in [6.07, 6.45) is 7.51. The molecule has 0 aromatic heterocycles. The first kappa shape index (κ1) is 20.4. The molecule has 0 bridgehead atoms. The van der Waals surface area contributed by atoms with Crippen molar-refractivity contribution in [2.75, 3.05) is 12.0 Å². The summed E-state index contributed by atoms with van der Waals surface area (Å²) in [7, 11) is 1.57. The molecule has 3 amide bonds. The summed E-state index contributed by atoms with van der Waals surface area (Å²) in [5.74, 6) is 0.127. The first-order valence-electron chi connectivity index (χ1n) is 10.4.